The number of phenols is 1. The van der Waals surface area contributed by atoms with Crippen molar-refractivity contribution >= 4 is 51.5 Å². The van der Waals surface area contributed by atoms with Crippen molar-refractivity contribution in [3.63, 3.8) is 0 Å². The summed E-state index contributed by atoms with van der Waals surface area (Å²) in [6.07, 6.45) is 2.41. The van der Waals surface area contributed by atoms with Gasteiger partial charge >= 0.3 is 0 Å². The number of pyridine rings is 2. The van der Waals surface area contributed by atoms with Crippen LogP contribution in [0.2, 0.25) is 15.1 Å². The number of hydrogen-bond donors (Lipinski definition) is 2. The van der Waals surface area contributed by atoms with Crippen molar-refractivity contribution in [3.05, 3.63) is 92.7 Å². The Hall–Kier alpha value is -2.67. The number of hydrogen-bond acceptors (Lipinski definition) is 4. The molecule has 0 spiro atoms. The van der Waals surface area contributed by atoms with Crippen molar-refractivity contribution in [3.8, 4) is 5.75 Å². The van der Waals surface area contributed by atoms with E-state index in [0.717, 1.165) is 6.20 Å². The van der Waals surface area contributed by atoms with Crippen molar-refractivity contribution in [2.24, 2.45) is 0 Å². The summed E-state index contributed by atoms with van der Waals surface area (Å²) in [5.74, 6) is -2.12. The molecule has 1 atom stereocenters. The molecule has 0 aliphatic heterocycles. The molecule has 0 aliphatic rings. The second kappa shape index (κ2) is 8.22. The number of phenolic OH excluding ortho intramolecular Hbond substituents is 1. The van der Waals surface area contributed by atoms with E-state index in [1.807, 2.05) is 0 Å². The Bertz CT molecular complexity index is 1270. The zero-order valence-corrected chi connectivity index (χ0v) is 17.3. The molecule has 0 radical (unpaired) electrons. The monoisotopic (exact) mass is 465 g/mol. The van der Waals surface area contributed by atoms with Crippen LogP contribution < -0.4 is 5.32 Å². The van der Waals surface area contributed by atoms with Gasteiger partial charge in [0.2, 0.25) is 0 Å². The summed E-state index contributed by atoms with van der Waals surface area (Å²) in [5.41, 5.74) is 1.04. The third-order valence-electron chi connectivity index (χ3n) is 4.51. The zero-order chi connectivity index (χ0) is 21.4. The molecule has 0 bridgehead atoms. The minimum atomic E-state index is -0.924. The number of nitrogens with one attached hydrogen (secondary N) is 1. The first-order valence-electron chi connectivity index (χ1n) is 8.63. The molecule has 2 aromatic heterocycles. The number of nitrogens with zero attached hydrogens (tertiary/aromatic N) is 2. The molecule has 2 heterocycles. The molecule has 30 heavy (non-hydrogen) atoms. The van der Waals surface area contributed by atoms with Crippen LogP contribution >= 0.6 is 34.8 Å². The third kappa shape index (κ3) is 3.86. The van der Waals surface area contributed by atoms with Crippen molar-refractivity contribution < 1.29 is 13.9 Å². The second-order valence-electron chi connectivity index (χ2n) is 6.43. The average molecular weight is 467 g/mol. The maximum atomic E-state index is 14.3. The Morgan fingerprint density at radius 1 is 0.967 bits per heavy atom. The summed E-state index contributed by atoms with van der Waals surface area (Å²) in [6, 6.07) is 9.70. The first-order chi connectivity index (χ1) is 14.3. The number of benzene rings is 2. The van der Waals surface area contributed by atoms with Gasteiger partial charge in [-0.1, -0.05) is 53.0 Å². The summed E-state index contributed by atoms with van der Waals surface area (Å²) < 4.78 is 27.6. The van der Waals surface area contributed by atoms with Gasteiger partial charge < -0.3 is 10.4 Å². The van der Waals surface area contributed by atoms with E-state index < -0.39 is 17.7 Å². The number of fused-ring (bicyclic) bond motifs is 1. The number of anilines is 1. The Balaban J connectivity index is 1.93. The molecule has 1 unspecified atom stereocenters. The van der Waals surface area contributed by atoms with Gasteiger partial charge in [-0.2, -0.15) is 0 Å². The number of aromatic nitrogens is 2. The summed E-state index contributed by atoms with van der Waals surface area (Å²) in [5, 5.41) is 15.1. The molecule has 0 saturated heterocycles. The van der Waals surface area contributed by atoms with Crippen molar-refractivity contribution in [2.75, 3.05) is 5.32 Å². The Morgan fingerprint density at radius 2 is 1.77 bits per heavy atom. The Kier molecular flexibility index (Phi) is 5.64. The predicted molar refractivity (Wildman–Crippen MR) is 114 cm³/mol. The van der Waals surface area contributed by atoms with Gasteiger partial charge in [0.05, 0.1) is 22.3 Å². The van der Waals surface area contributed by atoms with Gasteiger partial charge in [-0.05, 0) is 18.2 Å². The molecule has 0 aliphatic carbocycles. The lowest BCUT2D eigenvalue weighted by molar-refractivity contribution is 0.471. The van der Waals surface area contributed by atoms with Crippen LogP contribution in [0.25, 0.3) is 10.9 Å². The molecule has 0 saturated carbocycles. The molecule has 9 heteroatoms. The van der Waals surface area contributed by atoms with Crippen molar-refractivity contribution in [1.29, 1.82) is 0 Å². The third-order valence-corrected chi connectivity index (χ3v) is 5.55. The van der Waals surface area contributed by atoms with E-state index in [9.17, 15) is 13.9 Å². The van der Waals surface area contributed by atoms with E-state index in [4.69, 9.17) is 34.8 Å². The first kappa shape index (κ1) is 20.6. The van der Waals surface area contributed by atoms with Gasteiger partial charge in [0.1, 0.15) is 17.1 Å². The molecule has 2 N–H and O–H groups in total. The highest BCUT2D eigenvalue weighted by molar-refractivity contribution is 6.43. The highest BCUT2D eigenvalue weighted by Crippen LogP contribution is 2.41. The number of rotatable bonds is 4. The maximum Gasteiger partial charge on any atom is 0.168 e. The van der Waals surface area contributed by atoms with Gasteiger partial charge in [0.25, 0.3) is 0 Å². The standard InChI is InChI=1S/C21H12Cl3F2N3O/c22-11-6-14(17(24)15(23)7-11)19(29-21-16(26)8-12(25)9-28-21)13-4-3-10-2-1-5-27-18(10)20(13)30/h1-9,19,30H,(H,28,29). The summed E-state index contributed by atoms with van der Waals surface area (Å²) >= 11 is 18.8. The minimum Gasteiger partial charge on any atom is -0.505 e. The fraction of sp³-hybridized carbons (Fsp3) is 0.0476. The van der Waals surface area contributed by atoms with E-state index >= 15 is 0 Å². The zero-order valence-electron chi connectivity index (χ0n) is 15.0. The van der Waals surface area contributed by atoms with E-state index in [1.165, 1.54) is 12.1 Å². The molecular formula is C21H12Cl3F2N3O. The van der Waals surface area contributed by atoms with Crippen LogP contribution in [-0.4, -0.2) is 15.1 Å². The van der Waals surface area contributed by atoms with Gasteiger partial charge in [-0.15, -0.1) is 0 Å². The van der Waals surface area contributed by atoms with Crippen molar-refractivity contribution in [1.82, 2.24) is 9.97 Å². The second-order valence-corrected chi connectivity index (χ2v) is 7.65. The lowest BCUT2D eigenvalue weighted by Gasteiger charge is -2.23. The topological polar surface area (TPSA) is 58.0 Å². The van der Waals surface area contributed by atoms with Gasteiger partial charge in [0.15, 0.2) is 11.6 Å². The number of aromatic hydroxyl groups is 1. The van der Waals surface area contributed by atoms with Gasteiger partial charge in [-0.25, -0.2) is 13.8 Å². The van der Waals surface area contributed by atoms with Gasteiger partial charge in [0, 0.05) is 33.8 Å². The maximum absolute atomic E-state index is 14.3. The highest BCUT2D eigenvalue weighted by atomic mass is 35.5. The molecule has 4 aromatic rings. The van der Waals surface area contributed by atoms with Crippen LogP contribution in [0.4, 0.5) is 14.6 Å². The number of halogens is 5. The van der Waals surface area contributed by atoms with Crippen LogP contribution in [0, 0.1) is 11.6 Å². The van der Waals surface area contributed by atoms with E-state index in [-0.39, 0.29) is 26.6 Å². The summed E-state index contributed by atoms with van der Waals surface area (Å²) in [4.78, 5) is 7.98. The molecule has 0 fully saturated rings. The van der Waals surface area contributed by atoms with Crippen LogP contribution in [0.15, 0.2) is 54.9 Å². The molecule has 152 valence electrons. The SMILES string of the molecule is Oc1c(C(Nc2ncc(F)cc2F)c2cc(Cl)cc(Cl)c2Cl)ccc2cccnc12. The minimum absolute atomic E-state index is 0.139. The fourth-order valence-corrected chi connectivity index (χ4v) is 3.87. The molecule has 4 rings (SSSR count). The smallest absolute Gasteiger partial charge is 0.168 e. The molecule has 2 aromatic carbocycles. The van der Waals surface area contributed by atoms with Gasteiger partial charge in [-0.3, -0.25) is 4.98 Å². The largest absolute Gasteiger partial charge is 0.505 e. The lowest BCUT2D eigenvalue weighted by Crippen LogP contribution is -2.16. The molecule has 4 nitrogen and oxygen atoms in total. The summed E-state index contributed by atoms with van der Waals surface area (Å²) in [7, 11) is 0. The quantitative estimate of drug-likeness (QED) is 0.326. The fourth-order valence-electron chi connectivity index (χ4n) is 3.14. The Labute approximate surface area is 185 Å². The lowest BCUT2D eigenvalue weighted by atomic mass is 9.96. The predicted octanol–water partition coefficient (Wildman–Crippen LogP) is 6.78. The Morgan fingerprint density at radius 3 is 2.53 bits per heavy atom. The first-order valence-corrected chi connectivity index (χ1v) is 9.77. The highest BCUT2D eigenvalue weighted by Gasteiger charge is 2.25. The molecule has 0 amide bonds. The van der Waals surface area contributed by atoms with Crippen molar-refractivity contribution in [2.45, 2.75) is 6.04 Å². The summed E-state index contributed by atoms with van der Waals surface area (Å²) in [6.45, 7) is 0. The van der Waals surface area contributed by atoms with Crippen LogP contribution in [-0.2, 0) is 0 Å². The average Bonchev–Trinajstić information content (AvgIpc) is 2.71. The van der Waals surface area contributed by atoms with E-state index in [0.29, 0.717) is 28.1 Å². The van der Waals surface area contributed by atoms with Crippen LogP contribution in [0.5, 0.6) is 5.75 Å². The normalized spacial score (nSPS) is 12.2. The molecular weight excluding hydrogens is 455 g/mol. The van der Waals surface area contributed by atoms with E-state index in [2.05, 4.69) is 15.3 Å². The van der Waals surface area contributed by atoms with E-state index in [1.54, 1.807) is 30.5 Å². The van der Waals surface area contributed by atoms with Crippen LogP contribution in [0.1, 0.15) is 17.2 Å². The van der Waals surface area contributed by atoms with Crippen LogP contribution in [0.3, 0.4) is 0 Å².